The van der Waals surface area contributed by atoms with Crippen LogP contribution in [0.5, 0.6) is 5.75 Å². The normalized spacial score (nSPS) is 20.4. The number of nitrogens with zero attached hydrogens (tertiary/aromatic N) is 1. The Bertz CT molecular complexity index is 737. The Balaban J connectivity index is 1.67. The van der Waals surface area contributed by atoms with Gasteiger partial charge >= 0.3 is 0 Å². The van der Waals surface area contributed by atoms with Crippen LogP contribution < -0.4 is 15.6 Å². The van der Waals surface area contributed by atoms with Crippen LogP contribution in [0.15, 0.2) is 41.5 Å². The third kappa shape index (κ3) is 3.99. The van der Waals surface area contributed by atoms with Crippen molar-refractivity contribution in [3.63, 3.8) is 0 Å². The Morgan fingerprint density at radius 3 is 2.96 bits per heavy atom. The number of hydrogen-bond donors (Lipinski definition) is 2. The molecule has 3 heterocycles. The van der Waals surface area contributed by atoms with E-state index in [0.29, 0.717) is 30.9 Å². The van der Waals surface area contributed by atoms with Crippen molar-refractivity contribution in [3.05, 3.63) is 58.3 Å². The molecule has 2 atom stereocenters. The standard InChI is InChI=1S/C17H19N3O4/c1-11-2-4-13(9-18-11)24-15-10-23-7-6-14(15)20-17(22)12-3-5-16(21)19-8-12/h2-5,8-9,14-15H,6-7,10H2,1H3,(H,19,21)(H,20,22)/t14-,15+/m0/s1. The molecule has 24 heavy (non-hydrogen) atoms. The topological polar surface area (TPSA) is 93.3 Å². The molecule has 0 radical (unpaired) electrons. The van der Waals surface area contributed by atoms with E-state index in [2.05, 4.69) is 15.3 Å². The molecule has 3 rings (SSSR count). The number of hydrogen-bond acceptors (Lipinski definition) is 5. The van der Waals surface area contributed by atoms with Crippen LogP contribution in [0, 0.1) is 6.92 Å². The van der Waals surface area contributed by atoms with E-state index in [1.165, 1.54) is 18.3 Å². The summed E-state index contributed by atoms with van der Waals surface area (Å²) in [5.41, 5.74) is 1.06. The minimum absolute atomic E-state index is 0.181. The Morgan fingerprint density at radius 1 is 1.38 bits per heavy atom. The van der Waals surface area contributed by atoms with Gasteiger partial charge in [-0.25, -0.2) is 0 Å². The van der Waals surface area contributed by atoms with Crippen molar-refractivity contribution in [3.8, 4) is 5.75 Å². The molecular formula is C17H19N3O4. The van der Waals surface area contributed by atoms with Crippen LogP contribution >= 0.6 is 0 Å². The van der Waals surface area contributed by atoms with Gasteiger partial charge in [0.1, 0.15) is 11.9 Å². The zero-order chi connectivity index (χ0) is 16.9. The molecule has 2 aromatic heterocycles. The summed E-state index contributed by atoms with van der Waals surface area (Å²) in [6.07, 6.45) is 3.41. The smallest absolute Gasteiger partial charge is 0.253 e. The van der Waals surface area contributed by atoms with Crippen molar-refractivity contribution in [2.45, 2.75) is 25.5 Å². The number of rotatable bonds is 4. The highest BCUT2D eigenvalue weighted by Gasteiger charge is 2.29. The Hall–Kier alpha value is -2.67. The van der Waals surface area contributed by atoms with Gasteiger partial charge in [-0.3, -0.25) is 14.6 Å². The van der Waals surface area contributed by atoms with E-state index >= 15 is 0 Å². The number of carbonyl (C=O) groups is 1. The summed E-state index contributed by atoms with van der Waals surface area (Å²) >= 11 is 0. The predicted molar refractivity (Wildman–Crippen MR) is 87.1 cm³/mol. The van der Waals surface area contributed by atoms with Crippen LogP contribution in [0.3, 0.4) is 0 Å². The average Bonchev–Trinajstić information content (AvgIpc) is 2.59. The zero-order valence-electron chi connectivity index (χ0n) is 13.3. The third-order valence-electron chi connectivity index (χ3n) is 3.84. The van der Waals surface area contributed by atoms with Gasteiger partial charge in [0.15, 0.2) is 0 Å². The number of H-pyrrole nitrogens is 1. The number of aromatic amines is 1. The van der Waals surface area contributed by atoms with Gasteiger partial charge in [-0.2, -0.15) is 0 Å². The number of pyridine rings is 2. The molecule has 126 valence electrons. The molecule has 7 heteroatoms. The van der Waals surface area contributed by atoms with Crippen LogP contribution in [0.1, 0.15) is 22.5 Å². The summed E-state index contributed by atoms with van der Waals surface area (Å²) in [4.78, 5) is 30.1. The van der Waals surface area contributed by atoms with Crippen LogP contribution in [-0.2, 0) is 4.74 Å². The molecule has 1 saturated heterocycles. The van der Waals surface area contributed by atoms with Gasteiger partial charge in [-0.1, -0.05) is 0 Å². The van der Waals surface area contributed by atoms with E-state index in [1.807, 2.05) is 19.1 Å². The Morgan fingerprint density at radius 2 is 2.25 bits per heavy atom. The number of amides is 1. The van der Waals surface area contributed by atoms with Gasteiger partial charge in [-0.05, 0) is 31.5 Å². The van der Waals surface area contributed by atoms with E-state index in [9.17, 15) is 9.59 Å². The molecule has 0 spiro atoms. The zero-order valence-corrected chi connectivity index (χ0v) is 13.3. The van der Waals surface area contributed by atoms with Crippen molar-refractivity contribution in [1.29, 1.82) is 0 Å². The van der Waals surface area contributed by atoms with Crippen molar-refractivity contribution in [1.82, 2.24) is 15.3 Å². The predicted octanol–water partition coefficient (Wildman–Crippen LogP) is 1.04. The molecule has 2 N–H and O–H groups in total. The molecule has 0 bridgehead atoms. The number of ether oxygens (including phenoxy) is 2. The van der Waals surface area contributed by atoms with Crippen molar-refractivity contribution >= 4 is 5.91 Å². The van der Waals surface area contributed by atoms with Gasteiger partial charge in [0.2, 0.25) is 5.56 Å². The first-order valence-corrected chi connectivity index (χ1v) is 7.78. The summed E-state index contributed by atoms with van der Waals surface area (Å²) in [7, 11) is 0. The van der Waals surface area contributed by atoms with Gasteiger partial charge in [0.05, 0.1) is 24.4 Å². The summed E-state index contributed by atoms with van der Waals surface area (Å²) in [5, 5.41) is 2.95. The molecule has 1 amide bonds. The fourth-order valence-corrected chi connectivity index (χ4v) is 2.50. The second kappa shape index (κ2) is 7.27. The third-order valence-corrected chi connectivity index (χ3v) is 3.84. The highest BCUT2D eigenvalue weighted by atomic mass is 16.5. The number of carbonyl (C=O) groups excluding carboxylic acids is 1. The lowest BCUT2D eigenvalue weighted by Gasteiger charge is -2.32. The largest absolute Gasteiger partial charge is 0.484 e. The fraction of sp³-hybridized carbons (Fsp3) is 0.353. The highest BCUT2D eigenvalue weighted by molar-refractivity contribution is 5.94. The summed E-state index contributed by atoms with van der Waals surface area (Å²) in [5.74, 6) is 0.383. The maximum atomic E-state index is 12.3. The molecule has 7 nitrogen and oxygen atoms in total. The van der Waals surface area contributed by atoms with Crippen LogP contribution in [0.4, 0.5) is 0 Å². The lowest BCUT2D eigenvalue weighted by atomic mass is 10.1. The number of nitrogens with one attached hydrogen (secondary N) is 2. The van der Waals surface area contributed by atoms with Crippen molar-refractivity contribution in [2.24, 2.45) is 0 Å². The second-order valence-electron chi connectivity index (χ2n) is 5.68. The van der Waals surface area contributed by atoms with E-state index < -0.39 is 0 Å². The monoisotopic (exact) mass is 329 g/mol. The van der Waals surface area contributed by atoms with Crippen LogP contribution in [0.2, 0.25) is 0 Å². The lowest BCUT2D eigenvalue weighted by molar-refractivity contribution is -0.0136. The van der Waals surface area contributed by atoms with Crippen molar-refractivity contribution in [2.75, 3.05) is 13.2 Å². The molecule has 0 saturated carbocycles. The molecule has 1 fully saturated rings. The molecule has 1 aliphatic heterocycles. The molecule has 0 aliphatic carbocycles. The first kappa shape index (κ1) is 16.2. The average molecular weight is 329 g/mol. The van der Waals surface area contributed by atoms with Crippen molar-refractivity contribution < 1.29 is 14.3 Å². The first-order chi connectivity index (χ1) is 11.6. The SMILES string of the molecule is Cc1ccc(O[C@@H]2COCC[C@@H]2NC(=O)c2ccc(=O)[nH]c2)cn1. The molecule has 1 aliphatic rings. The Labute approximate surface area is 139 Å². The van der Waals surface area contributed by atoms with Crippen LogP contribution in [-0.4, -0.2) is 41.2 Å². The first-order valence-electron chi connectivity index (χ1n) is 7.78. The fourth-order valence-electron chi connectivity index (χ4n) is 2.50. The molecule has 2 aromatic rings. The minimum atomic E-state index is -0.296. The summed E-state index contributed by atoms with van der Waals surface area (Å²) in [6.45, 7) is 2.85. The van der Waals surface area contributed by atoms with E-state index in [4.69, 9.17) is 9.47 Å². The maximum Gasteiger partial charge on any atom is 0.253 e. The van der Waals surface area contributed by atoms with Gasteiger partial charge in [0.25, 0.3) is 5.91 Å². The quantitative estimate of drug-likeness (QED) is 0.874. The van der Waals surface area contributed by atoms with Gasteiger partial charge in [-0.15, -0.1) is 0 Å². The minimum Gasteiger partial charge on any atom is -0.484 e. The highest BCUT2D eigenvalue weighted by Crippen LogP contribution is 2.17. The second-order valence-corrected chi connectivity index (χ2v) is 5.68. The summed E-state index contributed by atoms with van der Waals surface area (Å²) < 4.78 is 11.4. The lowest BCUT2D eigenvalue weighted by Crippen LogP contribution is -2.51. The Kier molecular flexibility index (Phi) is 4.90. The molecule has 0 aromatic carbocycles. The van der Waals surface area contributed by atoms with Gasteiger partial charge in [0, 0.05) is 24.6 Å². The number of aromatic nitrogens is 2. The molecular weight excluding hydrogens is 310 g/mol. The van der Waals surface area contributed by atoms with E-state index in [-0.39, 0.29) is 23.6 Å². The van der Waals surface area contributed by atoms with E-state index in [1.54, 1.807) is 6.20 Å². The van der Waals surface area contributed by atoms with E-state index in [0.717, 1.165) is 5.69 Å². The van der Waals surface area contributed by atoms with Crippen LogP contribution in [0.25, 0.3) is 0 Å². The maximum absolute atomic E-state index is 12.3. The summed E-state index contributed by atoms with van der Waals surface area (Å²) in [6, 6.07) is 6.35. The van der Waals surface area contributed by atoms with Gasteiger partial charge < -0.3 is 19.8 Å². The molecule has 0 unspecified atom stereocenters. The number of aryl methyl sites for hydroxylation is 1.